The molecule has 164 valence electrons. The van der Waals surface area contributed by atoms with Gasteiger partial charge in [-0.3, -0.25) is 19.3 Å². The molecule has 0 bridgehead atoms. The Morgan fingerprint density at radius 3 is 2.47 bits per heavy atom. The van der Waals surface area contributed by atoms with Crippen LogP contribution in [0, 0.1) is 0 Å². The van der Waals surface area contributed by atoms with E-state index < -0.39 is 6.04 Å². The van der Waals surface area contributed by atoms with E-state index in [2.05, 4.69) is 5.32 Å². The van der Waals surface area contributed by atoms with Crippen molar-refractivity contribution in [2.24, 2.45) is 0 Å². The fourth-order valence-electron chi connectivity index (χ4n) is 4.26. The lowest BCUT2D eigenvalue weighted by atomic mass is 10.1. The molecule has 0 fully saturated rings. The minimum Gasteiger partial charge on any atom is -0.357 e. The summed E-state index contributed by atoms with van der Waals surface area (Å²) in [6.07, 6.45) is 0.430. The zero-order chi connectivity index (χ0) is 22.8. The highest BCUT2D eigenvalue weighted by molar-refractivity contribution is 6.31. The van der Waals surface area contributed by atoms with Gasteiger partial charge in [-0.05, 0) is 35.6 Å². The Morgan fingerprint density at radius 2 is 1.78 bits per heavy atom. The molecule has 3 aromatic carbocycles. The lowest BCUT2D eigenvalue weighted by molar-refractivity contribution is -0.140. The van der Waals surface area contributed by atoms with Crippen LogP contribution in [-0.4, -0.2) is 42.3 Å². The maximum atomic E-state index is 13.6. The van der Waals surface area contributed by atoms with Crippen molar-refractivity contribution >= 4 is 45.8 Å². The summed E-state index contributed by atoms with van der Waals surface area (Å²) in [6, 6.07) is 17.8. The van der Waals surface area contributed by atoms with Crippen molar-refractivity contribution in [3.05, 3.63) is 76.8 Å². The Balaban J connectivity index is 1.67. The number of rotatable bonds is 7. The maximum absolute atomic E-state index is 13.6. The van der Waals surface area contributed by atoms with E-state index in [0.29, 0.717) is 22.7 Å². The van der Waals surface area contributed by atoms with Gasteiger partial charge in [-0.2, -0.15) is 0 Å². The van der Waals surface area contributed by atoms with Gasteiger partial charge in [0.15, 0.2) is 0 Å². The summed E-state index contributed by atoms with van der Waals surface area (Å²) in [6.45, 7) is 1.86. The van der Waals surface area contributed by atoms with Crippen LogP contribution in [-0.2, 0) is 16.1 Å². The molecule has 0 aliphatic carbocycles. The molecule has 3 amide bonds. The van der Waals surface area contributed by atoms with E-state index in [-0.39, 0.29) is 30.8 Å². The predicted molar refractivity (Wildman–Crippen MR) is 126 cm³/mol. The molecule has 7 heteroatoms. The highest BCUT2D eigenvalue weighted by Gasteiger charge is 2.35. The Morgan fingerprint density at radius 1 is 1.06 bits per heavy atom. The molecular weight excluding hydrogens is 426 g/mol. The molecular formula is C25H24ClN3O3. The van der Waals surface area contributed by atoms with Gasteiger partial charge in [0.05, 0.1) is 5.69 Å². The highest BCUT2D eigenvalue weighted by Crippen LogP contribution is 2.37. The number of amides is 3. The molecule has 0 saturated heterocycles. The second kappa shape index (κ2) is 9.01. The molecule has 0 spiro atoms. The van der Waals surface area contributed by atoms with Gasteiger partial charge < -0.3 is 10.2 Å². The van der Waals surface area contributed by atoms with E-state index in [1.165, 1.54) is 9.80 Å². The van der Waals surface area contributed by atoms with Gasteiger partial charge in [-0.25, -0.2) is 0 Å². The fourth-order valence-corrected chi connectivity index (χ4v) is 4.45. The van der Waals surface area contributed by atoms with Gasteiger partial charge in [-0.15, -0.1) is 0 Å². The minimum atomic E-state index is -0.681. The normalized spacial score (nSPS) is 13.3. The van der Waals surface area contributed by atoms with Gasteiger partial charge in [0.25, 0.3) is 5.91 Å². The first-order valence-corrected chi connectivity index (χ1v) is 10.9. The van der Waals surface area contributed by atoms with Crippen LogP contribution in [0.4, 0.5) is 5.69 Å². The third-order valence-corrected chi connectivity index (χ3v) is 6.24. The predicted octanol–water partition coefficient (Wildman–Crippen LogP) is 4.01. The smallest absolute Gasteiger partial charge is 0.259 e. The van der Waals surface area contributed by atoms with Crippen LogP contribution in [0.3, 0.4) is 0 Å². The van der Waals surface area contributed by atoms with E-state index in [9.17, 15) is 14.4 Å². The first-order valence-electron chi connectivity index (χ1n) is 10.5. The van der Waals surface area contributed by atoms with Crippen LogP contribution in [0.2, 0.25) is 5.02 Å². The molecule has 1 atom stereocenters. The number of likely N-dealkylation sites (N-methyl/N-ethyl adjacent to an activating group) is 1. The molecule has 1 N–H and O–H groups in total. The minimum absolute atomic E-state index is 0.162. The van der Waals surface area contributed by atoms with Crippen molar-refractivity contribution in [1.82, 2.24) is 10.2 Å². The van der Waals surface area contributed by atoms with Gasteiger partial charge in [-0.1, -0.05) is 61.0 Å². The summed E-state index contributed by atoms with van der Waals surface area (Å²) in [5.74, 6) is -0.791. The Labute approximate surface area is 191 Å². The molecule has 3 aromatic rings. The van der Waals surface area contributed by atoms with Crippen LogP contribution in [0.15, 0.2) is 60.7 Å². The number of carbonyl (C=O) groups excluding carboxylic acids is 3. The monoisotopic (exact) mass is 449 g/mol. The van der Waals surface area contributed by atoms with Crippen LogP contribution >= 0.6 is 11.6 Å². The molecule has 1 aliphatic heterocycles. The standard InChI is InChI=1S/C25H24ClN3O3/c1-3-20(24(31)27-2)28(14-17-8-4-5-12-19(17)26)22(30)15-29-21-13-7-10-16-9-6-11-18(23(16)21)25(29)32/h4-13,20H,3,14-15H2,1-2H3,(H,27,31)/t20-/m0/s1. The van der Waals surface area contributed by atoms with Crippen molar-refractivity contribution in [2.75, 3.05) is 18.5 Å². The molecule has 1 aliphatic rings. The molecule has 0 unspecified atom stereocenters. The molecule has 0 saturated carbocycles. The average Bonchev–Trinajstić information content (AvgIpc) is 3.08. The summed E-state index contributed by atoms with van der Waals surface area (Å²) in [4.78, 5) is 42.3. The number of hydrogen-bond donors (Lipinski definition) is 1. The number of benzene rings is 3. The molecule has 0 radical (unpaired) electrons. The lowest BCUT2D eigenvalue weighted by Crippen LogP contribution is -2.51. The number of nitrogens with one attached hydrogen (secondary N) is 1. The van der Waals surface area contributed by atoms with Crippen molar-refractivity contribution in [1.29, 1.82) is 0 Å². The van der Waals surface area contributed by atoms with E-state index in [0.717, 1.165) is 16.3 Å². The Bertz CT molecular complexity index is 1200. The number of anilines is 1. The second-order valence-electron chi connectivity index (χ2n) is 7.72. The number of hydrogen-bond acceptors (Lipinski definition) is 3. The largest absolute Gasteiger partial charge is 0.357 e. The summed E-state index contributed by atoms with van der Waals surface area (Å²) in [5, 5.41) is 4.96. The maximum Gasteiger partial charge on any atom is 0.259 e. The van der Waals surface area contributed by atoms with E-state index in [1.54, 1.807) is 19.2 Å². The molecule has 0 aromatic heterocycles. The van der Waals surface area contributed by atoms with Gasteiger partial charge in [0.1, 0.15) is 12.6 Å². The van der Waals surface area contributed by atoms with Gasteiger partial charge >= 0.3 is 0 Å². The van der Waals surface area contributed by atoms with E-state index >= 15 is 0 Å². The SMILES string of the molecule is CC[C@@H](C(=O)NC)N(Cc1ccccc1Cl)C(=O)CN1C(=O)c2cccc3cccc1c23. The van der Waals surface area contributed by atoms with Crippen LogP contribution in [0.25, 0.3) is 10.8 Å². The Kier molecular flexibility index (Phi) is 6.15. The summed E-state index contributed by atoms with van der Waals surface area (Å²) < 4.78 is 0. The quantitative estimate of drug-likeness (QED) is 0.592. The molecule has 4 rings (SSSR count). The average molecular weight is 450 g/mol. The molecule has 6 nitrogen and oxygen atoms in total. The van der Waals surface area contributed by atoms with Crippen molar-refractivity contribution in [3.63, 3.8) is 0 Å². The van der Waals surface area contributed by atoms with Crippen LogP contribution in [0.5, 0.6) is 0 Å². The first kappa shape index (κ1) is 21.8. The third-order valence-electron chi connectivity index (χ3n) is 5.87. The van der Waals surface area contributed by atoms with Crippen molar-refractivity contribution in [2.45, 2.75) is 25.9 Å². The zero-order valence-corrected chi connectivity index (χ0v) is 18.7. The van der Waals surface area contributed by atoms with Crippen molar-refractivity contribution in [3.8, 4) is 0 Å². The molecule has 32 heavy (non-hydrogen) atoms. The third kappa shape index (κ3) is 3.82. The van der Waals surface area contributed by atoms with Crippen molar-refractivity contribution < 1.29 is 14.4 Å². The fraction of sp³-hybridized carbons (Fsp3) is 0.240. The second-order valence-corrected chi connectivity index (χ2v) is 8.13. The van der Waals surface area contributed by atoms with Crippen LogP contribution < -0.4 is 10.2 Å². The summed E-state index contributed by atoms with van der Waals surface area (Å²) >= 11 is 6.34. The first-order chi connectivity index (χ1) is 15.5. The van der Waals surface area contributed by atoms with Gasteiger partial charge in [0.2, 0.25) is 11.8 Å². The highest BCUT2D eigenvalue weighted by atomic mass is 35.5. The summed E-state index contributed by atoms with van der Waals surface area (Å²) in [7, 11) is 1.55. The van der Waals surface area contributed by atoms with E-state index in [1.807, 2.05) is 55.5 Å². The number of carbonyl (C=O) groups is 3. The van der Waals surface area contributed by atoms with Gasteiger partial charge in [0, 0.05) is 29.6 Å². The number of halogens is 1. The van der Waals surface area contributed by atoms with E-state index in [4.69, 9.17) is 11.6 Å². The van der Waals surface area contributed by atoms with Crippen LogP contribution in [0.1, 0.15) is 29.3 Å². The number of nitrogens with zero attached hydrogens (tertiary/aromatic N) is 2. The molecule has 1 heterocycles. The lowest BCUT2D eigenvalue weighted by Gasteiger charge is -2.32. The Hall–Kier alpha value is -3.38. The zero-order valence-electron chi connectivity index (χ0n) is 18.0. The topological polar surface area (TPSA) is 69.7 Å². The summed E-state index contributed by atoms with van der Waals surface area (Å²) in [5.41, 5.74) is 2.03.